The summed E-state index contributed by atoms with van der Waals surface area (Å²) in [5.41, 5.74) is 0. The highest BCUT2D eigenvalue weighted by Crippen LogP contribution is 2.24. The van der Waals surface area contributed by atoms with Crippen LogP contribution in [0.3, 0.4) is 0 Å². The fraction of sp³-hybridized carbons (Fsp3) is 0.786. The molecule has 0 radical (unpaired) electrons. The maximum Gasteiger partial charge on any atom is 0.241 e. The Morgan fingerprint density at radius 3 is 2.23 bits per heavy atom. The molecular formula is C14H28IN5O2. The molecule has 0 saturated heterocycles. The lowest BCUT2D eigenvalue weighted by molar-refractivity contribution is -0.127. The highest BCUT2D eigenvalue weighted by atomic mass is 127. The van der Waals surface area contributed by atoms with Crippen molar-refractivity contribution in [2.75, 3.05) is 34.7 Å². The van der Waals surface area contributed by atoms with E-state index in [0.29, 0.717) is 12.0 Å². The predicted molar refractivity (Wildman–Crippen MR) is 98.4 cm³/mol. The number of carbonyl (C=O) groups excluding carboxylic acids is 2. The molecule has 8 heteroatoms. The van der Waals surface area contributed by atoms with E-state index in [9.17, 15) is 9.59 Å². The first kappa shape index (κ1) is 20.9. The maximum absolute atomic E-state index is 11.6. The Balaban J connectivity index is 0.00000441. The Morgan fingerprint density at radius 2 is 1.77 bits per heavy atom. The zero-order chi connectivity index (χ0) is 15.8. The van der Waals surface area contributed by atoms with Gasteiger partial charge >= 0.3 is 0 Å². The molecule has 0 unspecified atom stereocenters. The molecule has 0 spiro atoms. The lowest BCUT2D eigenvalue weighted by atomic mass is 9.85. The molecule has 1 fully saturated rings. The van der Waals surface area contributed by atoms with E-state index in [1.807, 2.05) is 0 Å². The Bertz CT molecular complexity index is 393. The number of hydrogen-bond acceptors (Lipinski definition) is 3. The first-order valence-electron chi connectivity index (χ1n) is 7.36. The van der Waals surface area contributed by atoms with Crippen LogP contribution in [-0.2, 0) is 9.59 Å². The van der Waals surface area contributed by atoms with Crippen LogP contribution in [0.2, 0.25) is 0 Å². The molecule has 0 heterocycles. The van der Waals surface area contributed by atoms with Crippen molar-refractivity contribution in [3.63, 3.8) is 0 Å². The summed E-state index contributed by atoms with van der Waals surface area (Å²) in [6.45, 7) is 0.222. The minimum atomic E-state index is 0. The zero-order valence-corrected chi connectivity index (χ0v) is 16.1. The summed E-state index contributed by atoms with van der Waals surface area (Å²) in [6, 6.07) is 0.298. The molecule has 0 aromatic carbocycles. The van der Waals surface area contributed by atoms with E-state index in [2.05, 4.69) is 20.9 Å². The van der Waals surface area contributed by atoms with Crippen molar-refractivity contribution >= 4 is 41.8 Å². The largest absolute Gasteiger partial charge is 0.359 e. The maximum atomic E-state index is 11.6. The van der Waals surface area contributed by atoms with Crippen LogP contribution in [0.4, 0.5) is 0 Å². The van der Waals surface area contributed by atoms with E-state index in [0.717, 1.165) is 25.7 Å². The average Bonchev–Trinajstić information content (AvgIpc) is 2.50. The van der Waals surface area contributed by atoms with Gasteiger partial charge in [0, 0.05) is 40.2 Å². The van der Waals surface area contributed by atoms with Gasteiger partial charge in [0.15, 0.2) is 5.96 Å². The number of nitrogens with zero attached hydrogens (tertiary/aromatic N) is 2. The Hall–Kier alpha value is -1.06. The molecule has 1 aliphatic carbocycles. The quantitative estimate of drug-likeness (QED) is 0.341. The van der Waals surface area contributed by atoms with Crippen molar-refractivity contribution in [3.05, 3.63) is 0 Å². The van der Waals surface area contributed by atoms with E-state index in [-0.39, 0.29) is 48.3 Å². The van der Waals surface area contributed by atoms with Crippen molar-refractivity contribution in [1.29, 1.82) is 0 Å². The summed E-state index contributed by atoms with van der Waals surface area (Å²) in [5.74, 6) is 0.890. The number of rotatable bonds is 4. The number of carbonyl (C=O) groups is 2. The van der Waals surface area contributed by atoms with Gasteiger partial charge in [0.1, 0.15) is 0 Å². The van der Waals surface area contributed by atoms with Gasteiger partial charge in [-0.05, 0) is 25.7 Å². The smallest absolute Gasteiger partial charge is 0.241 e. The summed E-state index contributed by atoms with van der Waals surface area (Å²) >= 11 is 0. The van der Waals surface area contributed by atoms with Crippen molar-refractivity contribution in [2.45, 2.75) is 31.7 Å². The molecule has 0 aromatic heterocycles. The molecule has 7 nitrogen and oxygen atoms in total. The fourth-order valence-electron chi connectivity index (χ4n) is 2.41. The van der Waals surface area contributed by atoms with Crippen molar-refractivity contribution in [1.82, 2.24) is 20.9 Å². The van der Waals surface area contributed by atoms with Crippen molar-refractivity contribution < 1.29 is 9.59 Å². The fourth-order valence-corrected chi connectivity index (χ4v) is 2.41. The van der Waals surface area contributed by atoms with Gasteiger partial charge in [-0.2, -0.15) is 0 Å². The van der Waals surface area contributed by atoms with Gasteiger partial charge < -0.3 is 20.9 Å². The third kappa shape index (κ3) is 6.80. The highest BCUT2D eigenvalue weighted by Gasteiger charge is 2.26. The van der Waals surface area contributed by atoms with Gasteiger partial charge in [0.05, 0.1) is 6.54 Å². The van der Waals surface area contributed by atoms with Crippen LogP contribution in [0, 0.1) is 5.92 Å². The molecule has 0 aliphatic heterocycles. The van der Waals surface area contributed by atoms with Gasteiger partial charge in [-0.15, -0.1) is 24.0 Å². The van der Waals surface area contributed by atoms with Crippen LogP contribution in [0.15, 0.2) is 4.99 Å². The van der Waals surface area contributed by atoms with E-state index in [4.69, 9.17) is 0 Å². The number of aliphatic imine (C=N–C) groups is 1. The van der Waals surface area contributed by atoms with Gasteiger partial charge in [-0.1, -0.05) is 0 Å². The minimum Gasteiger partial charge on any atom is -0.359 e. The molecule has 22 heavy (non-hydrogen) atoms. The zero-order valence-electron chi connectivity index (χ0n) is 13.8. The molecule has 1 aliphatic rings. The van der Waals surface area contributed by atoms with Crippen LogP contribution < -0.4 is 16.0 Å². The molecule has 2 amide bonds. The summed E-state index contributed by atoms with van der Waals surface area (Å²) < 4.78 is 0. The second-order valence-electron chi connectivity index (χ2n) is 5.52. The second kappa shape index (κ2) is 10.6. The average molecular weight is 425 g/mol. The Kier molecular flexibility index (Phi) is 10.1. The van der Waals surface area contributed by atoms with Gasteiger partial charge in [0.25, 0.3) is 0 Å². The molecule has 1 rings (SSSR count). The number of nitrogens with one attached hydrogen (secondary N) is 3. The van der Waals surface area contributed by atoms with Crippen LogP contribution >= 0.6 is 24.0 Å². The Labute approximate surface area is 149 Å². The van der Waals surface area contributed by atoms with E-state index < -0.39 is 0 Å². The number of halogens is 1. The molecule has 1 saturated carbocycles. The predicted octanol–water partition coefficient (Wildman–Crippen LogP) is 0.162. The number of guanidine groups is 1. The van der Waals surface area contributed by atoms with Crippen LogP contribution in [0.1, 0.15) is 25.7 Å². The molecule has 128 valence electrons. The SMILES string of the molecule is CN=C(NCC(=O)N(C)C)NC1CCC(C(=O)NC)CC1.I. The number of hydrogen-bond donors (Lipinski definition) is 3. The minimum absolute atomic E-state index is 0. The van der Waals surface area contributed by atoms with Crippen LogP contribution in [0.5, 0.6) is 0 Å². The number of likely N-dealkylation sites (N-methyl/N-ethyl adjacent to an activating group) is 1. The molecule has 0 aromatic rings. The monoisotopic (exact) mass is 425 g/mol. The van der Waals surface area contributed by atoms with Crippen molar-refractivity contribution in [2.24, 2.45) is 10.9 Å². The summed E-state index contributed by atoms with van der Waals surface area (Å²) in [7, 11) is 6.81. The molecule has 3 N–H and O–H groups in total. The lowest BCUT2D eigenvalue weighted by Gasteiger charge is -2.29. The van der Waals surface area contributed by atoms with Crippen LogP contribution in [0.25, 0.3) is 0 Å². The first-order chi connectivity index (χ1) is 9.97. The Morgan fingerprint density at radius 1 is 1.18 bits per heavy atom. The van der Waals surface area contributed by atoms with Crippen LogP contribution in [-0.4, -0.2) is 63.5 Å². The summed E-state index contributed by atoms with van der Waals surface area (Å²) in [6.07, 6.45) is 3.62. The third-order valence-electron chi connectivity index (χ3n) is 3.81. The van der Waals surface area contributed by atoms with Gasteiger partial charge in [-0.3, -0.25) is 14.6 Å². The summed E-state index contributed by atoms with van der Waals surface area (Å²) in [4.78, 5) is 28.8. The van der Waals surface area contributed by atoms with Gasteiger partial charge in [0.2, 0.25) is 11.8 Å². The van der Waals surface area contributed by atoms with E-state index in [1.54, 1.807) is 28.2 Å². The number of amides is 2. The normalized spacial score (nSPS) is 21.4. The van der Waals surface area contributed by atoms with E-state index in [1.165, 1.54) is 4.90 Å². The third-order valence-corrected chi connectivity index (χ3v) is 3.81. The molecule has 0 atom stereocenters. The summed E-state index contributed by atoms with van der Waals surface area (Å²) in [5, 5.41) is 9.03. The van der Waals surface area contributed by atoms with Gasteiger partial charge in [-0.25, -0.2) is 0 Å². The first-order valence-corrected chi connectivity index (χ1v) is 7.36. The van der Waals surface area contributed by atoms with E-state index >= 15 is 0 Å². The standard InChI is InChI=1S/C14H27N5O2.HI/c1-15-13(21)10-5-7-11(8-6-10)18-14(16-2)17-9-12(20)19(3)4;/h10-11H,5-9H2,1-4H3,(H,15,21)(H2,16,17,18);1H. The highest BCUT2D eigenvalue weighted by molar-refractivity contribution is 14.0. The molecule has 0 bridgehead atoms. The second-order valence-corrected chi connectivity index (χ2v) is 5.52. The lowest BCUT2D eigenvalue weighted by Crippen LogP contribution is -2.48. The van der Waals surface area contributed by atoms with Crippen molar-refractivity contribution in [3.8, 4) is 0 Å². The topological polar surface area (TPSA) is 85.8 Å². The molecular weight excluding hydrogens is 397 g/mol.